The van der Waals surface area contributed by atoms with Crippen molar-refractivity contribution in [3.63, 3.8) is 0 Å². The quantitative estimate of drug-likeness (QED) is 0.206. The third-order valence-electron chi connectivity index (χ3n) is 5.12. The molecule has 1 aliphatic rings. The number of carbonyl (C=O) groups excluding carboxylic acids is 2. The monoisotopic (exact) mass is 589 g/mol. The average molecular weight is 590 g/mol. The highest BCUT2D eigenvalue weighted by molar-refractivity contribution is 14.1. The molecule has 0 saturated carbocycles. The summed E-state index contributed by atoms with van der Waals surface area (Å²) in [6.45, 7) is 0.861. The van der Waals surface area contributed by atoms with E-state index in [9.17, 15) is 9.59 Å². The molecule has 33 heavy (non-hydrogen) atoms. The van der Waals surface area contributed by atoms with Crippen LogP contribution in [-0.4, -0.2) is 22.6 Å². The topological polar surface area (TPSA) is 46.6 Å². The number of halogens is 2. The van der Waals surface area contributed by atoms with Gasteiger partial charge >= 0.3 is 0 Å². The minimum absolute atomic E-state index is 0.211. The Morgan fingerprint density at radius 2 is 1.73 bits per heavy atom. The van der Waals surface area contributed by atoms with Gasteiger partial charge in [0.2, 0.25) is 0 Å². The molecule has 0 N–H and O–H groups in total. The highest BCUT2D eigenvalue weighted by Gasteiger charge is 2.34. The zero-order valence-corrected chi connectivity index (χ0v) is 21.4. The maximum absolute atomic E-state index is 12.8. The van der Waals surface area contributed by atoms with Gasteiger partial charge in [-0.2, -0.15) is 0 Å². The SMILES string of the molecule is O=C1S/C(=C/c2ccc(OCc3ccc(Cl)cc3)c(I)c2)C(=O)N1CCCc1ccccc1. The predicted octanol–water partition coefficient (Wildman–Crippen LogP) is 7.19. The van der Waals surface area contributed by atoms with Crippen LogP contribution in [0.3, 0.4) is 0 Å². The lowest BCUT2D eigenvalue weighted by atomic mass is 10.1. The zero-order valence-electron chi connectivity index (χ0n) is 17.7. The Bertz CT molecular complexity index is 1180. The number of thioether (sulfide) groups is 1. The third-order valence-corrected chi connectivity index (χ3v) is 7.13. The second kappa shape index (κ2) is 11.2. The predicted molar refractivity (Wildman–Crippen MR) is 142 cm³/mol. The van der Waals surface area contributed by atoms with Crippen molar-refractivity contribution in [2.24, 2.45) is 0 Å². The first-order chi connectivity index (χ1) is 16.0. The molecule has 0 aromatic heterocycles. The van der Waals surface area contributed by atoms with Crippen molar-refractivity contribution in [2.75, 3.05) is 6.54 Å². The summed E-state index contributed by atoms with van der Waals surface area (Å²) >= 11 is 9.13. The first-order valence-electron chi connectivity index (χ1n) is 10.5. The molecule has 2 amide bonds. The van der Waals surface area contributed by atoms with E-state index in [0.717, 1.165) is 45.1 Å². The van der Waals surface area contributed by atoms with Gasteiger partial charge in [-0.1, -0.05) is 60.1 Å². The fourth-order valence-electron chi connectivity index (χ4n) is 3.40. The largest absolute Gasteiger partial charge is 0.488 e. The smallest absolute Gasteiger partial charge is 0.293 e. The molecule has 4 nitrogen and oxygen atoms in total. The molecular weight excluding hydrogens is 569 g/mol. The van der Waals surface area contributed by atoms with Gasteiger partial charge < -0.3 is 4.74 Å². The third kappa shape index (κ3) is 6.40. The molecule has 0 radical (unpaired) electrons. The van der Waals surface area contributed by atoms with Crippen LogP contribution in [0.4, 0.5) is 4.79 Å². The van der Waals surface area contributed by atoms with Gasteiger partial charge in [0, 0.05) is 11.6 Å². The Morgan fingerprint density at radius 3 is 2.45 bits per heavy atom. The van der Waals surface area contributed by atoms with Crippen molar-refractivity contribution < 1.29 is 14.3 Å². The van der Waals surface area contributed by atoms with Gasteiger partial charge in [0.15, 0.2) is 0 Å². The van der Waals surface area contributed by atoms with Crippen LogP contribution in [0.15, 0.2) is 77.7 Å². The fourth-order valence-corrected chi connectivity index (χ4v) is 5.08. The summed E-state index contributed by atoms with van der Waals surface area (Å²) in [5, 5.41) is 0.482. The van der Waals surface area contributed by atoms with Crippen molar-refractivity contribution >= 4 is 63.2 Å². The van der Waals surface area contributed by atoms with Crippen molar-refractivity contribution in [1.29, 1.82) is 0 Å². The molecule has 168 valence electrons. The van der Waals surface area contributed by atoms with Crippen molar-refractivity contribution in [1.82, 2.24) is 4.90 Å². The minimum atomic E-state index is -0.226. The maximum atomic E-state index is 12.8. The van der Waals surface area contributed by atoms with Crippen LogP contribution in [0.2, 0.25) is 5.02 Å². The van der Waals surface area contributed by atoms with Gasteiger partial charge in [0.25, 0.3) is 11.1 Å². The Hall–Kier alpha value is -2.29. The van der Waals surface area contributed by atoms with Gasteiger partial charge in [-0.15, -0.1) is 0 Å². The van der Waals surface area contributed by atoms with Gasteiger partial charge in [-0.25, -0.2) is 0 Å². The molecule has 0 atom stereocenters. The van der Waals surface area contributed by atoms with Gasteiger partial charge in [-0.3, -0.25) is 14.5 Å². The van der Waals surface area contributed by atoms with Crippen LogP contribution in [-0.2, 0) is 17.8 Å². The standard InChI is InChI=1S/C26H21ClINO3S/c27-21-11-8-19(9-12-21)17-32-23-13-10-20(15-22(23)28)16-24-25(30)29(26(31)33-24)14-4-7-18-5-2-1-3-6-18/h1-3,5-6,8-13,15-16H,4,7,14,17H2/b24-16+. The summed E-state index contributed by atoms with van der Waals surface area (Å²) in [7, 11) is 0. The maximum Gasteiger partial charge on any atom is 0.293 e. The first-order valence-corrected chi connectivity index (χ1v) is 12.7. The van der Waals surface area contributed by atoms with Crippen LogP contribution >= 0.6 is 46.0 Å². The summed E-state index contributed by atoms with van der Waals surface area (Å²) in [5.74, 6) is 0.535. The number of amides is 2. The molecule has 3 aromatic rings. The van der Waals surface area contributed by atoms with Crippen LogP contribution in [0, 0.1) is 3.57 Å². The molecule has 0 aliphatic carbocycles. The van der Waals surface area contributed by atoms with E-state index < -0.39 is 0 Å². The van der Waals surface area contributed by atoms with Crippen molar-refractivity contribution in [2.45, 2.75) is 19.4 Å². The molecule has 0 unspecified atom stereocenters. The van der Waals surface area contributed by atoms with Gasteiger partial charge in [0.05, 0.1) is 8.48 Å². The van der Waals surface area contributed by atoms with E-state index in [0.29, 0.717) is 23.1 Å². The Kier molecular flexibility index (Phi) is 8.11. The Labute approximate surface area is 216 Å². The highest BCUT2D eigenvalue weighted by Crippen LogP contribution is 2.33. The van der Waals surface area contributed by atoms with Crippen molar-refractivity contribution in [3.8, 4) is 5.75 Å². The summed E-state index contributed by atoms with van der Waals surface area (Å²) in [5.41, 5.74) is 3.08. The van der Waals surface area contributed by atoms with Crippen LogP contribution < -0.4 is 4.74 Å². The molecule has 7 heteroatoms. The number of hydrogen-bond acceptors (Lipinski definition) is 4. The molecule has 0 spiro atoms. The number of hydrogen-bond donors (Lipinski definition) is 0. The summed E-state index contributed by atoms with van der Waals surface area (Å²) in [6.07, 6.45) is 3.34. The summed E-state index contributed by atoms with van der Waals surface area (Å²) in [6, 6.07) is 23.3. The van der Waals surface area contributed by atoms with Crippen LogP contribution in [0.5, 0.6) is 5.75 Å². The molecule has 4 rings (SSSR count). The Balaban J connectivity index is 1.36. The minimum Gasteiger partial charge on any atom is -0.488 e. The number of ether oxygens (including phenoxy) is 1. The molecule has 1 saturated heterocycles. The lowest BCUT2D eigenvalue weighted by molar-refractivity contribution is -0.122. The Morgan fingerprint density at radius 1 is 0.970 bits per heavy atom. The number of aryl methyl sites for hydroxylation is 1. The summed E-state index contributed by atoms with van der Waals surface area (Å²) < 4.78 is 6.85. The normalized spacial score (nSPS) is 14.8. The lowest BCUT2D eigenvalue weighted by Crippen LogP contribution is -2.29. The first kappa shape index (κ1) is 23.9. The molecule has 1 fully saturated rings. The van der Waals surface area contributed by atoms with E-state index in [2.05, 4.69) is 34.7 Å². The van der Waals surface area contributed by atoms with Crippen molar-refractivity contribution in [3.05, 3.63) is 103 Å². The second-order valence-electron chi connectivity index (χ2n) is 7.53. The lowest BCUT2D eigenvalue weighted by Gasteiger charge is -2.12. The molecule has 0 bridgehead atoms. The van der Waals surface area contributed by atoms with E-state index in [1.807, 2.05) is 60.7 Å². The van der Waals surface area contributed by atoms with E-state index in [1.54, 1.807) is 6.08 Å². The summed E-state index contributed by atoms with van der Waals surface area (Å²) in [4.78, 5) is 27.0. The second-order valence-corrected chi connectivity index (χ2v) is 10.1. The zero-order chi connectivity index (χ0) is 23.2. The number of rotatable bonds is 8. The van der Waals surface area contributed by atoms with Gasteiger partial charge in [0.1, 0.15) is 12.4 Å². The number of benzene rings is 3. The van der Waals surface area contributed by atoms with Crippen LogP contribution in [0.25, 0.3) is 6.08 Å². The molecule has 1 heterocycles. The van der Waals surface area contributed by atoms with E-state index in [1.165, 1.54) is 10.5 Å². The number of nitrogens with zero attached hydrogens (tertiary/aromatic N) is 1. The van der Waals surface area contributed by atoms with E-state index in [4.69, 9.17) is 16.3 Å². The highest BCUT2D eigenvalue weighted by atomic mass is 127. The molecular formula is C26H21ClINO3S. The molecule has 1 aliphatic heterocycles. The number of carbonyl (C=O) groups is 2. The van der Waals surface area contributed by atoms with E-state index in [-0.39, 0.29) is 11.1 Å². The van der Waals surface area contributed by atoms with Gasteiger partial charge in [-0.05, 0) is 94.2 Å². The fraction of sp³-hybridized carbons (Fsp3) is 0.154. The average Bonchev–Trinajstić information content (AvgIpc) is 3.07. The van der Waals surface area contributed by atoms with E-state index >= 15 is 0 Å². The van der Waals surface area contributed by atoms with Crippen LogP contribution in [0.1, 0.15) is 23.1 Å². The number of imide groups is 1. The molecule has 3 aromatic carbocycles.